The molecule has 1 aliphatic rings. The van der Waals surface area contributed by atoms with Crippen LogP contribution >= 0.6 is 0 Å². The standard InChI is InChI=1S/C9H18O3/c1-4-10-9(11-5-2)7-6-8(3)12-9/h8H,4-7H2,1-3H3. The van der Waals surface area contributed by atoms with Gasteiger partial charge in [-0.25, -0.2) is 0 Å². The van der Waals surface area contributed by atoms with Crippen LogP contribution in [0.5, 0.6) is 0 Å². The van der Waals surface area contributed by atoms with Crippen LogP contribution in [0.25, 0.3) is 0 Å². The third-order valence-electron chi connectivity index (χ3n) is 1.97. The van der Waals surface area contributed by atoms with Gasteiger partial charge in [-0.2, -0.15) is 0 Å². The van der Waals surface area contributed by atoms with Crippen LogP contribution in [0.1, 0.15) is 33.6 Å². The molecule has 0 saturated carbocycles. The molecular formula is C9H18O3. The van der Waals surface area contributed by atoms with Crippen LogP contribution in [0.3, 0.4) is 0 Å². The van der Waals surface area contributed by atoms with Gasteiger partial charge in [0.05, 0.1) is 6.10 Å². The SMILES string of the molecule is CCOC1(OCC)CCC(C)O1. The lowest BCUT2D eigenvalue weighted by Gasteiger charge is -2.27. The zero-order chi connectivity index (χ0) is 9.03. The molecule has 3 nitrogen and oxygen atoms in total. The lowest BCUT2D eigenvalue weighted by molar-refractivity contribution is -0.366. The topological polar surface area (TPSA) is 27.7 Å². The van der Waals surface area contributed by atoms with Gasteiger partial charge in [-0.3, -0.25) is 0 Å². The summed E-state index contributed by atoms with van der Waals surface area (Å²) in [6, 6.07) is 0. The van der Waals surface area contributed by atoms with Crippen molar-refractivity contribution < 1.29 is 14.2 Å². The highest BCUT2D eigenvalue weighted by Gasteiger charge is 2.40. The van der Waals surface area contributed by atoms with Crippen molar-refractivity contribution in [2.45, 2.75) is 45.7 Å². The summed E-state index contributed by atoms with van der Waals surface area (Å²) >= 11 is 0. The van der Waals surface area contributed by atoms with Crippen molar-refractivity contribution in [1.29, 1.82) is 0 Å². The Labute approximate surface area is 74.0 Å². The van der Waals surface area contributed by atoms with E-state index in [0.29, 0.717) is 13.2 Å². The Kier molecular flexibility index (Phi) is 3.50. The molecule has 1 saturated heterocycles. The quantitative estimate of drug-likeness (QED) is 0.609. The van der Waals surface area contributed by atoms with Crippen molar-refractivity contribution in [1.82, 2.24) is 0 Å². The van der Waals surface area contributed by atoms with Gasteiger partial charge in [0.25, 0.3) is 5.97 Å². The van der Waals surface area contributed by atoms with Crippen LogP contribution < -0.4 is 0 Å². The minimum absolute atomic E-state index is 0.253. The molecule has 0 radical (unpaired) electrons. The fourth-order valence-corrected chi connectivity index (χ4v) is 1.50. The van der Waals surface area contributed by atoms with Crippen LogP contribution in [0, 0.1) is 0 Å². The summed E-state index contributed by atoms with van der Waals surface area (Å²) in [4.78, 5) is 0. The molecule has 1 fully saturated rings. The molecule has 1 heterocycles. The van der Waals surface area contributed by atoms with Crippen LogP contribution in [0.15, 0.2) is 0 Å². The van der Waals surface area contributed by atoms with Crippen molar-refractivity contribution in [3.8, 4) is 0 Å². The molecule has 1 unspecified atom stereocenters. The van der Waals surface area contributed by atoms with Crippen LogP contribution in [0.4, 0.5) is 0 Å². The summed E-state index contributed by atoms with van der Waals surface area (Å²) in [6.45, 7) is 7.21. The third-order valence-corrected chi connectivity index (χ3v) is 1.97. The Morgan fingerprint density at radius 2 is 1.92 bits per heavy atom. The minimum Gasteiger partial charge on any atom is -0.328 e. The number of rotatable bonds is 4. The van der Waals surface area contributed by atoms with Crippen LogP contribution in [-0.2, 0) is 14.2 Å². The molecule has 72 valence electrons. The molecule has 0 aliphatic carbocycles. The van der Waals surface area contributed by atoms with Gasteiger partial charge in [0.1, 0.15) is 0 Å². The van der Waals surface area contributed by atoms with Crippen molar-refractivity contribution in [3.63, 3.8) is 0 Å². The van der Waals surface area contributed by atoms with Gasteiger partial charge in [-0.15, -0.1) is 0 Å². The van der Waals surface area contributed by atoms with E-state index in [1.807, 2.05) is 20.8 Å². The summed E-state index contributed by atoms with van der Waals surface area (Å²) in [7, 11) is 0. The second kappa shape index (κ2) is 4.21. The van der Waals surface area contributed by atoms with Gasteiger partial charge < -0.3 is 14.2 Å². The van der Waals surface area contributed by atoms with Crippen molar-refractivity contribution in [2.75, 3.05) is 13.2 Å². The van der Waals surface area contributed by atoms with Crippen molar-refractivity contribution in [3.05, 3.63) is 0 Å². The van der Waals surface area contributed by atoms with Crippen molar-refractivity contribution >= 4 is 0 Å². The Hall–Kier alpha value is -0.120. The Morgan fingerprint density at radius 1 is 1.33 bits per heavy atom. The first-order chi connectivity index (χ1) is 5.72. The average molecular weight is 174 g/mol. The molecule has 1 rings (SSSR count). The van der Waals surface area contributed by atoms with E-state index in [0.717, 1.165) is 12.8 Å². The number of hydrogen-bond acceptors (Lipinski definition) is 3. The minimum atomic E-state index is -0.733. The van der Waals surface area contributed by atoms with Gasteiger partial charge in [0.15, 0.2) is 0 Å². The smallest absolute Gasteiger partial charge is 0.283 e. The molecule has 1 atom stereocenters. The maximum Gasteiger partial charge on any atom is 0.283 e. The average Bonchev–Trinajstić information content (AvgIpc) is 2.34. The van der Waals surface area contributed by atoms with E-state index in [9.17, 15) is 0 Å². The zero-order valence-electron chi connectivity index (χ0n) is 8.13. The summed E-state index contributed by atoms with van der Waals surface area (Å²) in [5.74, 6) is -0.733. The van der Waals surface area contributed by atoms with E-state index < -0.39 is 5.97 Å². The fraction of sp³-hybridized carbons (Fsp3) is 1.00. The molecule has 0 amide bonds. The molecule has 0 aromatic heterocycles. The summed E-state index contributed by atoms with van der Waals surface area (Å²) in [6.07, 6.45) is 2.11. The molecular weight excluding hydrogens is 156 g/mol. The van der Waals surface area contributed by atoms with Gasteiger partial charge in [-0.1, -0.05) is 0 Å². The normalized spacial score (nSPS) is 27.8. The predicted octanol–water partition coefficient (Wildman–Crippen LogP) is 1.91. The monoisotopic (exact) mass is 174 g/mol. The van der Waals surface area contributed by atoms with E-state index in [4.69, 9.17) is 14.2 Å². The highest BCUT2D eigenvalue weighted by Crippen LogP contribution is 2.32. The van der Waals surface area contributed by atoms with E-state index in [1.165, 1.54) is 0 Å². The molecule has 3 heteroatoms. The first-order valence-electron chi connectivity index (χ1n) is 4.68. The fourth-order valence-electron chi connectivity index (χ4n) is 1.50. The second-order valence-corrected chi connectivity index (χ2v) is 3.02. The van der Waals surface area contributed by atoms with Crippen molar-refractivity contribution in [2.24, 2.45) is 0 Å². The lowest BCUT2D eigenvalue weighted by atomic mass is 10.2. The molecule has 1 aliphatic heterocycles. The predicted molar refractivity (Wildman–Crippen MR) is 45.8 cm³/mol. The zero-order valence-corrected chi connectivity index (χ0v) is 8.13. The highest BCUT2D eigenvalue weighted by atomic mass is 16.9. The molecule has 0 spiro atoms. The molecule has 12 heavy (non-hydrogen) atoms. The van der Waals surface area contributed by atoms with Gasteiger partial charge >= 0.3 is 0 Å². The third kappa shape index (κ3) is 2.19. The van der Waals surface area contributed by atoms with E-state index in [2.05, 4.69) is 0 Å². The molecule has 0 N–H and O–H groups in total. The second-order valence-electron chi connectivity index (χ2n) is 3.02. The Balaban J connectivity index is 2.48. The summed E-state index contributed by atoms with van der Waals surface area (Å²) < 4.78 is 16.5. The highest BCUT2D eigenvalue weighted by molar-refractivity contribution is 4.70. The van der Waals surface area contributed by atoms with Crippen LogP contribution in [-0.4, -0.2) is 25.3 Å². The molecule has 0 aromatic rings. The Morgan fingerprint density at radius 3 is 2.25 bits per heavy atom. The molecule has 0 bridgehead atoms. The van der Waals surface area contributed by atoms with Gasteiger partial charge in [-0.05, 0) is 27.2 Å². The summed E-state index contributed by atoms with van der Waals surface area (Å²) in [5.41, 5.74) is 0. The van der Waals surface area contributed by atoms with Gasteiger partial charge in [0, 0.05) is 19.6 Å². The molecule has 0 aromatic carbocycles. The van der Waals surface area contributed by atoms with Crippen LogP contribution in [0.2, 0.25) is 0 Å². The first kappa shape index (κ1) is 9.96. The maximum absolute atomic E-state index is 5.59. The Bertz CT molecular complexity index is 124. The first-order valence-corrected chi connectivity index (χ1v) is 4.68. The number of hydrogen-bond donors (Lipinski definition) is 0. The van der Waals surface area contributed by atoms with E-state index in [1.54, 1.807) is 0 Å². The van der Waals surface area contributed by atoms with E-state index >= 15 is 0 Å². The van der Waals surface area contributed by atoms with E-state index in [-0.39, 0.29) is 6.10 Å². The lowest BCUT2D eigenvalue weighted by Crippen LogP contribution is -2.35. The summed E-state index contributed by atoms with van der Waals surface area (Å²) in [5, 5.41) is 0. The largest absolute Gasteiger partial charge is 0.328 e. The van der Waals surface area contributed by atoms with Gasteiger partial charge in [0.2, 0.25) is 0 Å². The number of ether oxygens (including phenoxy) is 3. The maximum atomic E-state index is 5.59.